The molecule has 0 amide bonds. The van der Waals surface area contributed by atoms with E-state index in [-0.39, 0.29) is 6.04 Å². The molecule has 1 aromatic rings. The lowest BCUT2D eigenvalue weighted by molar-refractivity contribution is 0.179. The molecule has 4 heteroatoms. The normalized spacial score (nSPS) is 13.2. The first-order chi connectivity index (χ1) is 8.76. The van der Waals surface area contributed by atoms with Gasteiger partial charge >= 0.3 is 0 Å². The molecule has 4 nitrogen and oxygen atoms in total. The minimum absolute atomic E-state index is 0.239. The maximum Gasteiger partial charge on any atom is 0.191 e. The Morgan fingerprint density at radius 1 is 1.33 bits per heavy atom. The molecule has 0 saturated heterocycles. The zero-order valence-corrected chi connectivity index (χ0v) is 11.4. The molecule has 0 bridgehead atoms. The van der Waals surface area contributed by atoms with Crippen molar-refractivity contribution in [1.82, 2.24) is 10.6 Å². The van der Waals surface area contributed by atoms with Gasteiger partial charge in [-0.3, -0.25) is 0 Å². The quantitative estimate of drug-likeness (QED) is 0.596. The van der Waals surface area contributed by atoms with Crippen LogP contribution < -0.4 is 10.6 Å². The summed E-state index contributed by atoms with van der Waals surface area (Å²) < 4.78 is 5.10. The van der Waals surface area contributed by atoms with Gasteiger partial charge in [0.25, 0.3) is 0 Å². The number of nitrogens with zero attached hydrogens (tertiary/aromatic N) is 1. The highest BCUT2D eigenvalue weighted by molar-refractivity contribution is 5.80. The number of aliphatic imine (C=N–C) groups is 1. The molecule has 0 aromatic heterocycles. The minimum Gasteiger partial charge on any atom is -0.383 e. The van der Waals surface area contributed by atoms with E-state index in [0.717, 1.165) is 12.5 Å². The average molecular weight is 249 g/mol. The Morgan fingerprint density at radius 2 is 2.06 bits per heavy atom. The van der Waals surface area contributed by atoms with Crippen molar-refractivity contribution < 1.29 is 4.74 Å². The summed E-state index contributed by atoms with van der Waals surface area (Å²) >= 11 is 0. The van der Waals surface area contributed by atoms with Gasteiger partial charge in [-0.1, -0.05) is 30.3 Å². The van der Waals surface area contributed by atoms with Crippen molar-refractivity contribution in [2.75, 3.05) is 20.3 Å². The molecule has 18 heavy (non-hydrogen) atoms. The van der Waals surface area contributed by atoms with Crippen molar-refractivity contribution in [3.8, 4) is 0 Å². The molecule has 1 atom stereocenters. The second-order valence-corrected chi connectivity index (χ2v) is 4.18. The van der Waals surface area contributed by atoms with Crippen LogP contribution in [0.3, 0.4) is 0 Å². The molecule has 2 N–H and O–H groups in total. The van der Waals surface area contributed by atoms with E-state index in [1.807, 2.05) is 18.2 Å². The minimum atomic E-state index is 0.239. The van der Waals surface area contributed by atoms with Crippen molar-refractivity contribution in [2.45, 2.75) is 26.4 Å². The highest BCUT2D eigenvalue weighted by Crippen LogP contribution is 1.99. The van der Waals surface area contributed by atoms with Crippen LogP contribution in [-0.4, -0.2) is 32.3 Å². The number of guanidine groups is 1. The molecule has 1 aromatic carbocycles. The summed E-state index contributed by atoms with van der Waals surface area (Å²) in [6.45, 7) is 6.31. The molecule has 100 valence electrons. The van der Waals surface area contributed by atoms with Crippen molar-refractivity contribution in [1.29, 1.82) is 0 Å². The maximum absolute atomic E-state index is 5.10. The predicted molar refractivity (Wildman–Crippen MR) is 75.7 cm³/mol. The molecule has 0 aliphatic heterocycles. The first-order valence-corrected chi connectivity index (χ1v) is 6.34. The third-order valence-corrected chi connectivity index (χ3v) is 2.41. The van der Waals surface area contributed by atoms with Gasteiger partial charge in [-0.25, -0.2) is 4.99 Å². The summed E-state index contributed by atoms with van der Waals surface area (Å²) in [5.74, 6) is 0.825. The van der Waals surface area contributed by atoms with Crippen LogP contribution in [0.1, 0.15) is 19.4 Å². The Hall–Kier alpha value is -1.55. The highest BCUT2D eigenvalue weighted by Gasteiger charge is 2.03. The Labute approximate surface area is 109 Å². The van der Waals surface area contributed by atoms with Crippen LogP contribution in [0.5, 0.6) is 0 Å². The Morgan fingerprint density at radius 3 is 2.67 bits per heavy atom. The first-order valence-electron chi connectivity index (χ1n) is 6.34. The van der Waals surface area contributed by atoms with Gasteiger partial charge in [0.2, 0.25) is 0 Å². The van der Waals surface area contributed by atoms with E-state index in [9.17, 15) is 0 Å². The number of ether oxygens (including phenoxy) is 1. The van der Waals surface area contributed by atoms with Gasteiger partial charge in [-0.2, -0.15) is 0 Å². The second-order valence-electron chi connectivity index (χ2n) is 4.18. The second kappa shape index (κ2) is 8.53. The average Bonchev–Trinajstić information content (AvgIpc) is 2.38. The molecule has 1 rings (SSSR count). The summed E-state index contributed by atoms with van der Waals surface area (Å²) in [6, 6.07) is 10.5. The summed E-state index contributed by atoms with van der Waals surface area (Å²) in [7, 11) is 1.70. The van der Waals surface area contributed by atoms with E-state index >= 15 is 0 Å². The third kappa shape index (κ3) is 5.68. The summed E-state index contributed by atoms with van der Waals surface area (Å²) in [5, 5.41) is 6.53. The largest absolute Gasteiger partial charge is 0.383 e. The molecular formula is C14H23N3O. The topological polar surface area (TPSA) is 45.7 Å². The lowest BCUT2D eigenvalue weighted by atomic mass is 10.2. The van der Waals surface area contributed by atoms with Crippen LogP contribution in [0.25, 0.3) is 0 Å². The van der Waals surface area contributed by atoms with Crippen molar-refractivity contribution in [3.05, 3.63) is 35.9 Å². The van der Waals surface area contributed by atoms with E-state index in [2.05, 4.69) is 41.6 Å². The number of benzene rings is 1. The number of nitrogens with one attached hydrogen (secondary N) is 2. The molecule has 0 fully saturated rings. The molecule has 1 unspecified atom stereocenters. The SMILES string of the molecule is CCNC(=NCc1ccccc1)NC(C)COC. The van der Waals surface area contributed by atoms with Crippen LogP contribution >= 0.6 is 0 Å². The Kier molecular flexibility index (Phi) is 6.87. The van der Waals surface area contributed by atoms with E-state index in [4.69, 9.17) is 4.74 Å². The molecule has 0 aliphatic rings. The third-order valence-electron chi connectivity index (χ3n) is 2.41. The fourth-order valence-electron chi connectivity index (χ4n) is 1.60. The number of hydrogen-bond donors (Lipinski definition) is 2. The van der Waals surface area contributed by atoms with Crippen LogP contribution in [0.2, 0.25) is 0 Å². The van der Waals surface area contributed by atoms with E-state index in [0.29, 0.717) is 13.2 Å². The molecule has 0 heterocycles. The van der Waals surface area contributed by atoms with Gasteiger partial charge in [0.05, 0.1) is 13.2 Å². The standard InChI is InChI=1S/C14H23N3O/c1-4-15-14(17-12(2)11-18-3)16-10-13-8-6-5-7-9-13/h5-9,12H,4,10-11H2,1-3H3,(H2,15,16,17). The van der Waals surface area contributed by atoms with Gasteiger partial charge < -0.3 is 15.4 Å². The Bertz CT molecular complexity index is 351. The molecular weight excluding hydrogens is 226 g/mol. The molecule has 0 saturated carbocycles. The van der Waals surface area contributed by atoms with Crippen LogP contribution in [-0.2, 0) is 11.3 Å². The number of hydrogen-bond acceptors (Lipinski definition) is 2. The summed E-state index contributed by atoms with van der Waals surface area (Å²) in [4.78, 5) is 4.54. The van der Waals surface area contributed by atoms with Gasteiger partial charge in [0, 0.05) is 19.7 Å². The number of rotatable bonds is 6. The monoisotopic (exact) mass is 249 g/mol. The van der Waals surface area contributed by atoms with Gasteiger partial charge in [0.15, 0.2) is 5.96 Å². The molecule has 0 radical (unpaired) electrons. The van der Waals surface area contributed by atoms with Crippen LogP contribution in [0.4, 0.5) is 0 Å². The van der Waals surface area contributed by atoms with Crippen molar-refractivity contribution in [3.63, 3.8) is 0 Å². The van der Waals surface area contributed by atoms with Crippen LogP contribution in [0.15, 0.2) is 35.3 Å². The fraction of sp³-hybridized carbons (Fsp3) is 0.500. The van der Waals surface area contributed by atoms with Crippen LogP contribution in [0, 0.1) is 0 Å². The predicted octanol–water partition coefficient (Wildman–Crippen LogP) is 1.78. The van der Waals surface area contributed by atoms with E-state index in [1.165, 1.54) is 5.56 Å². The zero-order valence-electron chi connectivity index (χ0n) is 11.4. The lowest BCUT2D eigenvalue weighted by Gasteiger charge is -2.16. The van der Waals surface area contributed by atoms with E-state index in [1.54, 1.807) is 7.11 Å². The summed E-state index contributed by atoms with van der Waals surface area (Å²) in [6.07, 6.45) is 0. The fourth-order valence-corrected chi connectivity index (χ4v) is 1.60. The van der Waals surface area contributed by atoms with Crippen molar-refractivity contribution in [2.24, 2.45) is 4.99 Å². The highest BCUT2D eigenvalue weighted by atomic mass is 16.5. The first kappa shape index (κ1) is 14.5. The molecule has 0 spiro atoms. The maximum atomic E-state index is 5.10. The van der Waals surface area contributed by atoms with Gasteiger partial charge in [0.1, 0.15) is 0 Å². The number of methoxy groups -OCH3 is 1. The summed E-state index contributed by atoms with van der Waals surface area (Å²) in [5.41, 5.74) is 1.20. The van der Waals surface area contributed by atoms with Crippen molar-refractivity contribution >= 4 is 5.96 Å². The smallest absolute Gasteiger partial charge is 0.191 e. The molecule has 0 aliphatic carbocycles. The zero-order chi connectivity index (χ0) is 13.2. The van der Waals surface area contributed by atoms with E-state index < -0.39 is 0 Å². The van der Waals surface area contributed by atoms with Gasteiger partial charge in [-0.05, 0) is 19.4 Å². The van der Waals surface area contributed by atoms with Gasteiger partial charge in [-0.15, -0.1) is 0 Å². The lowest BCUT2D eigenvalue weighted by Crippen LogP contribution is -2.43. The Balaban J connectivity index is 2.55.